The molecule has 0 aliphatic heterocycles. The minimum atomic E-state index is -3.30. The van der Waals surface area contributed by atoms with Crippen LogP contribution in [0.5, 0.6) is 0 Å². The van der Waals surface area contributed by atoms with Crippen molar-refractivity contribution >= 4 is 7.60 Å². The Morgan fingerprint density at radius 3 is 2.50 bits per heavy atom. The van der Waals surface area contributed by atoms with Crippen LogP contribution in [-0.4, -0.2) is 17.2 Å². The lowest BCUT2D eigenvalue weighted by atomic mass is 9.86. The maximum atomic E-state index is 11.4. The molecule has 14 heavy (non-hydrogen) atoms. The highest BCUT2D eigenvalue weighted by molar-refractivity contribution is 7.52. The number of hydrogen-bond donors (Lipinski definition) is 1. The second-order valence-electron chi connectivity index (χ2n) is 4.16. The van der Waals surface area contributed by atoms with E-state index < -0.39 is 7.60 Å². The Labute approximate surface area is 86.4 Å². The van der Waals surface area contributed by atoms with Gasteiger partial charge in [0.25, 0.3) is 0 Å². The molecule has 1 saturated carbocycles. The molecule has 2 atom stereocenters. The van der Waals surface area contributed by atoms with E-state index in [4.69, 9.17) is 4.52 Å². The first kappa shape index (κ1) is 12.2. The van der Waals surface area contributed by atoms with Crippen molar-refractivity contribution in [3.63, 3.8) is 0 Å². The van der Waals surface area contributed by atoms with Crippen LogP contribution in [0.4, 0.5) is 0 Å². The summed E-state index contributed by atoms with van der Waals surface area (Å²) in [6, 6.07) is 0. The minimum absolute atomic E-state index is 0.0638. The summed E-state index contributed by atoms with van der Waals surface area (Å²) < 4.78 is 16.6. The van der Waals surface area contributed by atoms with E-state index in [0.717, 1.165) is 12.8 Å². The average molecular weight is 220 g/mol. The number of rotatable bonds is 4. The molecule has 0 saturated heterocycles. The van der Waals surface area contributed by atoms with E-state index in [1.165, 1.54) is 19.3 Å². The molecule has 0 bridgehead atoms. The molecular weight excluding hydrogens is 199 g/mol. The zero-order chi connectivity index (χ0) is 10.6. The van der Waals surface area contributed by atoms with Gasteiger partial charge in [0.1, 0.15) is 0 Å². The number of hydrogen-bond acceptors (Lipinski definition) is 2. The first-order valence-electron chi connectivity index (χ1n) is 5.55. The van der Waals surface area contributed by atoms with Crippen molar-refractivity contribution in [2.24, 2.45) is 5.92 Å². The van der Waals surface area contributed by atoms with E-state index in [1.807, 2.05) is 6.92 Å². The van der Waals surface area contributed by atoms with Crippen molar-refractivity contribution in [2.75, 3.05) is 6.16 Å². The molecule has 84 valence electrons. The Balaban J connectivity index is 2.40. The molecule has 1 aliphatic rings. The average Bonchev–Trinajstić information content (AvgIpc) is 2.19. The van der Waals surface area contributed by atoms with Crippen LogP contribution < -0.4 is 0 Å². The molecular formula is C10H21O3P. The lowest BCUT2D eigenvalue weighted by molar-refractivity contribution is 0.109. The summed E-state index contributed by atoms with van der Waals surface area (Å²) in [5, 5.41) is 0. The van der Waals surface area contributed by atoms with Crippen LogP contribution in [0.15, 0.2) is 0 Å². The zero-order valence-corrected chi connectivity index (χ0v) is 10.0. The van der Waals surface area contributed by atoms with Gasteiger partial charge in [-0.1, -0.05) is 26.2 Å². The fourth-order valence-corrected chi connectivity index (χ4v) is 2.86. The van der Waals surface area contributed by atoms with Crippen molar-refractivity contribution < 1.29 is 14.0 Å². The minimum Gasteiger partial charge on any atom is -0.324 e. The van der Waals surface area contributed by atoms with Crippen LogP contribution in [0.25, 0.3) is 0 Å². The summed E-state index contributed by atoms with van der Waals surface area (Å²) in [5.74, 6) is 0.482. The van der Waals surface area contributed by atoms with E-state index in [1.54, 1.807) is 6.92 Å². The van der Waals surface area contributed by atoms with Crippen molar-refractivity contribution in [3.05, 3.63) is 0 Å². The summed E-state index contributed by atoms with van der Waals surface area (Å²) in [6.45, 7) is 3.61. The molecule has 1 rings (SSSR count). The van der Waals surface area contributed by atoms with Gasteiger partial charge in [-0.3, -0.25) is 4.57 Å². The second kappa shape index (κ2) is 5.29. The van der Waals surface area contributed by atoms with E-state index in [2.05, 4.69) is 0 Å². The maximum absolute atomic E-state index is 11.4. The molecule has 0 aromatic rings. The molecule has 1 N–H and O–H groups in total. The van der Waals surface area contributed by atoms with Gasteiger partial charge in [0, 0.05) is 6.16 Å². The van der Waals surface area contributed by atoms with Crippen LogP contribution in [0.1, 0.15) is 46.0 Å². The molecule has 0 spiro atoms. The highest BCUT2D eigenvalue weighted by Crippen LogP contribution is 2.45. The predicted molar refractivity (Wildman–Crippen MR) is 57.5 cm³/mol. The topological polar surface area (TPSA) is 46.5 Å². The van der Waals surface area contributed by atoms with Gasteiger partial charge in [-0.2, -0.15) is 0 Å². The Kier molecular flexibility index (Phi) is 4.62. The van der Waals surface area contributed by atoms with Gasteiger partial charge >= 0.3 is 7.60 Å². The predicted octanol–water partition coefficient (Wildman–Crippen LogP) is 3.18. The van der Waals surface area contributed by atoms with Crippen molar-refractivity contribution in [3.8, 4) is 0 Å². The molecule has 2 unspecified atom stereocenters. The van der Waals surface area contributed by atoms with Crippen molar-refractivity contribution in [2.45, 2.75) is 52.1 Å². The second-order valence-corrected chi connectivity index (χ2v) is 6.28. The third-order valence-corrected chi connectivity index (χ3v) is 4.51. The smallest absolute Gasteiger partial charge is 0.324 e. The van der Waals surface area contributed by atoms with Gasteiger partial charge in [0.15, 0.2) is 0 Å². The van der Waals surface area contributed by atoms with E-state index in [-0.39, 0.29) is 12.3 Å². The first-order valence-corrected chi connectivity index (χ1v) is 7.31. The summed E-state index contributed by atoms with van der Waals surface area (Å²) in [7, 11) is -3.30. The summed E-state index contributed by atoms with van der Waals surface area (Å²) >= 11 is 0. The Hall–Kier alpha value is 0.150. The molecule has 4 heteroatoms. The monoisotopic (exact) mass is 220 g/mol. The van der Waals surface area contributed by atoms with Crippen LogP contribution >= 0.6 is 7.60 Å². The summed E-state index contributed by atoms with van der Waals surface area (Å²) in [6.07, 6.45) is 6.21. The van der Waals surface area contributed by atoms with Gasteiger partial charge in [-0.05, 0) is 25.7 Å². The molecule has 0 amide bonds. The largest absolute Gasteiger partial charge is 0.328 e. The van der Waals surface area contributed by atoms with Gasteiger partial charge in [0.2, 0.25) is 0 Å². The van der Waals surface area contributed by atoms with Crippen LogP contribution in [-0.2, 0) is 9.09 Å². The fraction of sp³-hybridized carbons (Fsp3) is 1.00. The van der Waals surface area contributed by atoms with E-state index in [0.29, 0.717) is 5.92 Å². The molecule has 0 aromatic heterocycles. The zero-order valence-electron chi connectivity index (χ0n) is 9.11. The van der Waals surface area contributed by atoms with Crippen LogP contribution in [0.3, 0.4) is 0 Å². The molecule has 3 nitrogen and oxygen atoms in total. The third kappa shape index (κ3) is 3.72. The molecule has 0 radical (unpaired) electrons. The quantitative estimate of drug-likeness (QED) is 0.740. The Morgan fingerprint density at radius 2 is 2.00 bits per heavy atom. The summed E-state index contributed by atoms with van der Waals surface area (Å²) in [4.78, 5) is 9.36. The van der Waals surface area contributed by atoms with Gasteiger partial charge in [0.05, 0.1) is 6.10 Å². The van der Waals surface area contributed by atoms with Gasteiger partial charge < -0.3 is 9.42 Å². The van der Waals surface area contributed by atoms with E-state index in [9.17, 15) is 9.46 Å². The van der Waals surface area contributed by atoms with Crippen molar-refractivity contribution in [1.82, 2.24) is 0 Å². The standard InChI is InChI=1S/C10H21O3P/c1-3-14(11,12)13-9(2)10-7-5-4-6-8-10/h9-10H,3-8H2,1-2H3,(H,11,12). The van der Waals surface area contributed by atoms with Gasteiger partial charge in [-0.25, -0.2) is 0 Å². The van der Waals surface area contributed by atoms with Crippen LogP contribution in [0.2, 0.25) is 0 Å². The highest BCUT2D eigenvalue weighted by atomic mass is 31.2. The highest BCUT2D eigenvalue weighted by Gasteiger charge is 2.26. The van der Waals surface area contributed by atoms with Crippen LogP contribution in [0, 0.1) is 5.92 Å². The van der Waals surface area contributed by atoms with Gasteiger partial charge in [-0.15, -0.1) is 0 Å². The molecule has 0 aromatic carbocycles. The third-order valence-electron chi connectivity index (χ3n) is 3.04. The van der Waals surface area contributed by atoms with E-state index >= 15 is 0 Å². The first-order chi connectivity index (χ1) is 6.55. The molecule has 1 aliphatic carbocycles. The summed E-state index contributed by atoms with van der Waals surface area (Å²) in [5.41, 5.74) is 0. The normalized spacial score (nSPS) is 25.6. The Morgan fingerprint density at radius 1 is 1.43 bits per heavy atom. The SMILES string of the molecule is CCP(=O)(O)OC(C)C1CCCCC1. The van der Waals surface area contributed by atoms with Crippen molar-refractivity contribution in [1.29, 1.82) is 0 Å². The lowest BCUT2D eigenvalue weighted by Crippen LogP contribution is -2.22. The lowest BCUT2D eigenvalue weighted by Gasteiger charge is -2.28. The molecule has 0 heterocycles. The maximum Gasteiger partial charge on any atom is 0.328 e. The Bertz CT molecular complexity index is 211. The fourth-order valence-electron chi connectivity index (χ4n) is 2.02. The molecule has 1 fully saturated rings.